The van der Waals surface area contributed by atoms with Crippen LogP contribution in [0.5, 0.6) is 5.75 Å². The molecule has 25 heavy (non-hydrogen) atoms. The van der Waals surface area contributed by atoms with E-state index in [9.17, 15) is 0 Å². The fraction of sp³-hybridized carbons (Fsp3) is 0.727. The van der Waals surface area contributed by atoms with Crippen molar-refractivity contribution < 1.29 is 4.74 Å². The SMILES string of the molecule is CCC1CCN(CCCCN2CCC(Oc3ccccc3)CC2)CC1. The summed E-state index contributed by atoms with van der Waals surface area (Å²) in [6, 6.07) is 10.3. The molecule has 0 N–H and O–H groups in total. The molecule has 0 unspecified atom stereocenters. The first-order valence-electron chi connectivity index (χ1n) is 10.5. The molecule has 0 aromatic heterocycles. The summed E-state index contributed by atoms with van der Waals surface area (Å²) in [5.74, 6) is 2.02. The molecule has 0 amide bonds. The zero-order valence-corrected chi connectivity index (χ0v) is 16.0. The van der Waals surface area contributed by atoms with Crippen LogP contribution in [0, 0.1) is 5.92 Å². The Morgan fingerprint density at radius 3 is 1.96 bits per heavy atom. The van der Waals surface area contributed by atoms with Crippen LogP contribution in [0.2, 0.25) is 0 Å². The second-order valence-electron chi connectivity index (χ2n) is 7.87. The van der Waals surface area contributed by atoms with Crippen LogP contribution >= 0.6 is 0 Å². The van der Waals surface area contributed by atoms with Gasteiger partial charge >= 0.3 is 0 Å². The molecular formula is C22H36N2O. The van der Waals surface area contributed by atoms with Gasteiger partial charge in [-0.15, -0.1) is 0 Å². The molecule has 3 nitrogen and oxygen atoms in total. The van der Waals surface area contributed by atoms with Crippen LogP contribution in [0.1, 0.15) is 51.9 Å². The summed E-state index contributed by atoms with van der Waals surface area (Å²) >= 11 is 0. The Kier molecular flexibility index (Phi) is 7.62. The lowest BCUT2D eigenvalue weighted by molar-refractivity contribution is 0.0983. The smallest absolute Gasteiger partial charge is 0.119 e. The molecular weight excluding hydrogens is 308 g/mol. The number of piperidine rings is 2. The Balaban J connectivity index is 1.24. The van der Waals surface area contributed by atoms with Crippen LogP contribution in [0.25, 0.3) is 0 Å². The van der Waals surface area contributed by atoms with Crippen LogP contribution < -0.4 is 4.74 Å². The average molecular weight is 345 g/mol. The first kappa shape index (κ1) is 18.7. The van der Waals surface area contributed by atoms with Gasteiger partial charge in [0, 0.05) is 13.1 Å². The van der Waals surface area contributed by atoms with Gasteiger partial charge in [0.2, 0.25) is 0 Å². The van der Waals surface area contributed by atoms with E-state index in [1.807, 2.05) is 6.07 Å². The highest BCUT2D eigenvalue weighted by Gasteiger charge is 2.20. The van der Waals surface area contributed by atoms with Crippen LogP contribution in [-0.2, 0) is 0 Å². The van der Waals surface area contributed by atoms with E-state index in [4.69, 9.17) is 4.74 Å². The molecule has 1 aromatic rings. The number of hydrogen-bond acceptors (Lipinski definition) is 3. The molecule has 3 heteroatoms. The van der Waals surface area contributed by atoms with Gasteiger partial charge < -0.3 is 14.5 Å². The van der Waals surface area contributed by atoms with Gasteiger partial charge in [-0.25, -0.2) is 0 Å². The maximum Gasteiger partial charge on any atom is 0.119 e. The summed E-state index contributed by atoms with van der Waals surface area (Å²) in [6.45, 7) is 9.97. The minimum atomic E-state index is 0.401. The molecule has 2 heterocycles. The van der Waals surface area contributed by atoms with Crippen molar-refractivity contribution >= 4 is 0 Å². The quantitative estimate of drug-likeness (QED) is 0.649. The van der Waals surface area contributed by atoms with E-state index in [2.05, 4.69) is 41.0 Å². The normalized spacial score (nSPS) is 21.5. The van der Waals surface area contributed by atoms with E-state index >= 15 is 0 Å². The third kappa shape index (κ3) is 6.31. The van der Waals surface area contributed by atoms with Gasteiger partial charge in [-0.05, 0) is 82.8 Å². The summed E-state index contributed by atoms with van der Waals surface area (Å²) in [4.78, 5) is 5.32. The maximum absolute atomic E-state index is 6.09. The molecule has 1 aromatic carbocycles. The fourth-order valence-electron chi connectivity index (χ4n) is 4.23. The Labute approximate surface area is 154 Å². The number of para-hydroxylation sites is 1. The molecule has 0 aliphatic carbocycles. The summed E-state index contributed by atoms with van der Waals surface area (Å²) in [7, 11) is 0. The van der Waals surface area contributed by atoms with E-state index < -0.39 is 0 Å². The molecule has 2 aliphatic heterocycles. The van der Waals surface area contributed by atoms with E-state index in [1.54, 1.807) is 0 Å². The molecule has 140 valence electrons. The van der Waals surface area contributed by atoms with Crippen molar-refractivity contribution in [1.82, 2.24) is 9.80 Å². The highest BCUT2D eigenvalue weighted by molar-refractivity contribution is 5.21. The summed E-state index contributed by atoms with van der Waals surface area (Å²) < 4.78 is 6.09. The minimum absolute atomic E-state index is 0.401. The van der Waals surface area contributed by atoms with Gasteiger partial charge in [0.1, 0.15) is 11.9 Å². The highest BCUT2D eigenvalue weighted by Crippen LogP contribution is 2.21. The van der Waals surface area contributed by atoms with Crippen LogP contribution in [0.15, 0.2) is 30.3 Å². The number of nitrogens with zero attached hydrogens (tertiary/aromatic N) is 2. The molecule has 2 fully saturated rings. The Bertz CT molecular complexity index is 462. The Morgan fingerprint density at radius 1 is 0.840 bits per heavy atom. The molecule has 3 rings (SSSR count). The van der Waals surface area contributed by atoms with Crippen molar-refractivity contribution in [2.24, 2.45) is 5.92 Å². The van der Waals surface area contributed by atoms with Crippen LogP contribution in [0.3, 0.4) is 0 Å². The average Bonchev–Trinajstić information content (AvgIpc) is 2.68. The van der Waals surface area contributed by atoms with Crippen molar-refractivity contribution in [2.75, 3.05) is 39.3 Å². The molecule has 0 saturated carbocycles. The summed E-state index contributed by atoms with van der Waals surface area (Å²) in [5.41, 5.74) is 0. The molecule has 0 radical (unpaired) electrons. The van der Waals surface area contributed by atoms with Crippen molar-refractivity contribution in [3.8, 4) is 5.75 Å². The van der Waals surface area contributed by atoms with Gasteiger partial charge in [0.25, 0.3) is 0 Å². The Morgan fingerprint density at radius 2 is 1.40 bits per heavy atom. The van der Waals surface area contributed by atoms with E-state index in [1.165, 1.54) is 84.2 Å². The van der Waals surface area contributed by atoms with Gasteiger partial charge in [-0.1, -0.05) is 31.5 Å². The first-order valence-corrected chi connectivity index (χ1v) is 10.5. The monoisotopic (exact) mass is 344 g/mol. The van der Waals surface area contributed by atoms with E-state index in [0.717, 1.165) is 11.7 Å². The van der Waals surface area contributed by atoms with Crippen LogP contribution in [0.4, 0.5) is 0 Å². The van der Waals surface area contributed by atoms with Crippen LogP contribution in [-0.4, -0.2) is 55.2 Å². The molecule has 0 spiro atoms. The minimum Gasteiger partial charge on any atom is -0.490 e. The zero-order valence-electron chi connectivity index (χ0n) is 16.0. The van der Waals surface area contributed by atoms with Crippen molar-refractivity contribution in [3.63, 3.8) is 0 Å². The molecule has 2 aliphatic rings. The maximum atomic E-state index is 6.09. The second kappa shape index (κ2) is 10.2. The number of rotatable bonds is 8. The van der Waals surface area contributed by atoms with Gasteiger partial charge in [-0.3, -0.25) is 0 Å². The first-order chi connectivity index (χ1) is 12.3. The fourth-order valence-corrected chi connectivity index (χ4v) is 4.23. The number of benzene rings is 1. The summed E-state index contributed by atoms with van der Waals surface area (Å²) in [5, 5.41) is 0. The zero-order chi connectivity index (χ0) is 17.3. The number of likely N-dealkylation sites (tertiary alicyclic amines) is 2. The largest absolute Gasteiger partial charge is 0.490 e. The van der Waals surface area contributed by atoms with Crippen molar-refractivity contribution in [2.45, 2.75) is 58.0 Å². The predicted octanol–water partition coefficient (Wildman–Crippen LogP) is 4.43. The summed E-state index contributed by atoms with van der Waals surface area (Å²) in [6.07, 6.45) is 9.65. The van der Waals surface area contributed by atoms with Gasteiger partial charge in [0.15, 0.2) is 0 Å². The topological polar surface area (TPSA) is 15.7 Å². The third-order valence-electron chi connectivity index (χ3n) is 6.06. The number of ether oxygens (including phenoxy) is 1. The van der Waals surface area contributed by atoms with Crippen molar-refractivity contribution in [1.29, 1.82) is 0 Å². The standard InChI is InChI=1S/C22H36N2O/c1-2-20-10-16-23(17-11-20)14-6-7-15-24-18-12-22(13-19-24)25-21-8-4-3-5-9-21/h3-5,8-9,20,22H,2,6-7,10-19H2,1H3. The van der Waals surface area contributed by atoms with Gasteiger partial charge in [-0.2, -0.15) is 0 Å². The Hall–Kier alpha value is -1.06. The molecule has 0 atom stereocenters. The number of unbranched alkanes of at least 4 members (excludes halogenated alkanes) is 1. The lowest BCUT2D eigenvalue weighted by Crippen LogP contribution is -2.39. The van der Waals surface area contributed by atoms with E-state index in [-0.39, 0.29) is 0 Å². The molecule has 0 bridgehead atoms. The second-order valence-corrected chi connectivity index (χ2v) is 7.87. The third-order valence-corrected chi connectivity index (χ3v) is 6.06. The van der Waals surface area contributed by atoms with Gasteiger partial charge in [0.05, 0.1) is 0 Å². The highest BCUT2D eigenvalue weighted by atomic mass is 16.5. The van der Waals surface area contributed by atoms with E-state index in [0.29, 0.717) is 6.10 Å². The number of hydrogen-bond donors (Lipinski definition) is 0. The van der Waals surface area contributed by atoms with Crippen molar-refractivity contribution in [3.05, 3.63) is 30.3 Å². The lowest BCUT2D eigenvalue weighted by Gasteiger charge is -2.33. The predicted molar refractivity (Wildman–Crippen MR) is 105 cm³/mol. The lowest BCUT2D eigenvalue weighted by atomic mass is 9.94. The molecule has 2 saturated heterocycles.